The number of carbonyl (C=O) groups is 5. The van der Waals surface area contributed by atoms with Gasteiger partial charge in [0.1, 0.15) is 23.0 Å². The molecule has 1 unspecified atom stereocenters. The van der Waals surface area contributed by atoms with Crippen LogP contribution in [0, 0.1) is 5.92 Å². The summed E-state index contributed by atoms with van der Waals surface area (Å²) < 4.78 is 1.49. The zero-order chi connectivity index (χ0) is 33.2. The van der Waals surface area contributed by atoms with Crippen LogP contribution in [0.25, 0.3) is 10.9 Å². The highest BCUT2D eigenvalue weighted by Crippen LogP contribution is 2.33. The Balaban J connectivity index is 1.50. The molecule has 0 radical (unpaired) electrons. The predicted octanol–water partition coefficient (Wildman–Crippen LogP) is 1.94. The first-order chi connectivity index (χ1) is 21.8. The van der Waals surface area contributed by atoms with Crippen LogP contribution >= 0.6 is 0 Å². The number of nitrogens with two attached hydrogens (primary N) is 1. The zero-order valence-electron chi connectivity index (χ0n) is 26.2. The Hall–Kier alpha value is -4.72. The molecule has 3 aromatic rings. The number of nitrogens with one attached hydrogen (secondary N) is 2. The Morgan fingerprint density at radius 3 is 2.54 bits per heavy atom. The van der Waals surface area contributed by atoms with E-state index in [-0.39, 0.29) is 36.7 Å². The SMILES string of the molecule is CC(NC(=O)[C@@H]1C[C@H](n2nncc2C(C)(C)O)CN1C(=O)/C(CC1CCCCC1)=N/C(=O)c1cc2ccccc2[nH]1)C(=O)C(N)=O. The second kappa shape index (κ2) is 13.3. The van der Waals surface area contributed by atoms with E-state index in [0.717, 1.165) is 43.0 Å². The lowest BCUT2D eigenvalue weighted by atomic mass is 9.85. The highest BCUT2D eigenvalue weighted by molar-refractivity contribution is 6.41. The molecule has 2 fully saturated rings. The van der Waals surface area contributed by atoms with E-state index in [4.69, 9.17) is 5.73 Å². The number of Topliss-reactive ketones (excluding diaryl/α,β-unsaturated/α-hetero) is 1. The fourth-order valence-corrected chi connectivity index (χ4v) is 6.39. The second-order valence-corrected chi connectivity index (χ2v) is 12.8. The Morgan fingerprint density at radius 1 is 1.15 bits per heavy atom. The van der Waals surface area contributed by atoms with Gasteiger partial charge in [-0.2, -0.15) is 0 Å². The number of fused-ring (bicyclic) bond motifs is 1. The van der Waals surface area contributed by atoms with Gasteiger partial charge >= 0.3 is 0 Å². The van der Waals surface area contributed by atoms with Crippen molar-refractivity contribution >= 4 is 46.0 Å². The van der Waals surface area contributed by atoms with Gasteiger partial charge in [-0.1, -0.05) is 55.5 Å². The summed E-state index contributed by atoms with van der Waals surface area (Å²) in [6.45, 7) is 4.48. The Kier molecular flexibility index (Phi) is 9.47. The number of para-hydroxylation sites is 1. The standard InChI is InChI=1S/C32H40N8O6/c1-18(27(41)28(33)42)35-30(44)25-15-21(40-26(16-34-38-40)32(2,3)46)17-39(25)31(45)24(13-19-9-5-4-6-10-19)37-29(43)23-14-20-11-7-8-12-22(20)36-23/h7-8,11-12,14,16,18-19,21,25,36,46H,4-6,9-10,13,15,17H2,1-3H3,(H2,33,42)(H,35,44)/b37-24+/t18?,21-,25-/m0/s1. The van der Waals surface area contributed by atoms with Crippen molar-refractivity contribution in [3.05, 3.63) is 47.9 Å². The number of aromatic nitrogens is 4. The maximum absolute atomic E-state index is 14.4. The Bertz CT molecular complexity index is 1650. The molecule has 244 valence electrons. The van der Waals surface area contributed by atoms with E-state index in [1.165, 1.54) is 22.7 Å². The number of primary amides is 1. The highest BCUT2D eigenvalue weighted by Gasteiger charge is 2.44. The number of carbonyl (C=O) groups excluding carboxylic acids is 5. The lowest BCUT2D eigenvalue weighted by Gasteiger charge is -2.27. The summed E-state index contributed by atoms with van der Waals surface area (Å²) in [5.41, 5.74) is 5.23. The van der Waals surface area contributed by atoms with Gasteiger partial charge in [-0.3, -0.25) is 24.0 Å². The summed E-state index contributed by atoms with van der Waals surface area (Å²) in [6, 6.07) is 6.18. The number of hydrogen-bond acceptors (Lipinski definition) is 8. The minimum absolute atomic E-state index is 0.00816. The van der Waals surface area contributed by atoms with E-state index < -0.39 is 53.1 Å². The smallest absolute Gasteiger partial charge is 0.293 e. The minimum atomic E-state index is -1.32. The number of hydrogen-bond donors (Lipinski definition) is 4. The van der Waals surface area contributed by atoms with Crippen LogP contribution in [0.5, 0.6) is 0 Å². The van der Waals surface area contributed by atoms with Gasteiger partial charge in [-0.15, -0.1) is 5.10 Å². The number of ketones is 1. The van der Waals surface area contributed by atoms with E-state index in [1.54, 1.807) is 19.9 Å². The van der Waals surface area contributed by atoms with Crippen LogP contribution in [-0.2, 0) is 24.8 Å². The van der Waals surface area contributed by atoms with E-state index in [9.17, 15) is 29.1 Å². The van der Waals surface area contributed by atoms with Crippen LogP contribution in [0.3, 0.4) is 0 Å². The normalized spacial score (nSPS) is 20.1. The van der Waals surface area contributed by atoms with Crippen LogP contribution in [-0.4, -0.2) is 83.7 Å². The molecule has 14 nitrogen and oxygen atoms in total. The Morgan fingerprint density at radius 2 is 1.87 bits per heavy atom. The third-order valence-electron chi connectivity index (χ3n) is 8.84. The molecule has 1 aliphatic carbocycles. The largest absolute Gasteiger partial charge is 0.384 e. The quantitative estimate of drug-likeness (QED) is 0.191. The van der Waals surface area contributed by atoms with Gasteiger partial charge < -0.3 is 26.0 Å². The van der Waals surface area contributed by atoms with E-state index in [2.05, 4.69) is 25.6 Å². The number of likely N-dealkylation sites (tertiary alicyclic amines) is 1. The van der Waals surface area contributed by atoms with Crippen molar-refractivity contribution in [1.29, 1.82) is 0 Å². The van der Waals surface area contributed by atoms with Crippen molar-refractivity contribution in [3.63, 3.8) is 0 Å². The molecule has 14 heteroatoms. The van der Waals surface area contributed by atoms with Gasteiger partial charge in [0, 0.05) is 23.9 Å². The molecule has 2 aliphatic rings. The van der Waals surface area contributed by atoms with Crippen LogP contribution in [0.4, 0.5) is 0 Å². The average molecular weight is 633 g/mol. The van der Waals surface area contributed by atoms with Crippen molar-refractivity contribution < 1.29 is 29.1 Å². The molecule has 1 aromatic carbocycles. The number of aliphatic hydroxyl groups is 1. The fraction of sp³-hybridized carbons (Fsp3) is 0.500. The lowest BCUT2D eigenvalue weighted by Crippen LogP contribution is -2.52. The summed E-state index contributed by atoms with van der Waals surface area (Å²) in [5, 5.41) is 22.2. The maximum atomic E-state index is 14.4. The van der Waals surface area contributed by atoms with Crippen LogP contribution in [0.1, 0.15) is 87.9 Å². The topological polar surface area (TPSA) is 206 Å². The number of nitrogens with zero attached hydrogens (tertiary/aromatic N) is 5. The first kappa shape index (κ1) is 32.7. The van der Waals surface area contributed by atoms with Gasteiger partial charge in [0.05, 0.1) is 24.0 Å². The third-order valence-corrected chi connectivity index (χ3v) is 8.84. The summed E-state index contributed by atoms with van der Waals surface area (Å²) >= 11 is 0. The van der Waals surface area contributed by atoms with Gasteiger partial charge in [-0.25, -0.2) is 9.67 Å². The molecular formula is C32H40N8O6. The molecule has 46 heavy (non-hydrogen) atoms. The predicted molar refractivity (Wildman–Crippen MR) is 167 cm³/mol. The molecule has 1 saturated carbocycles. The van der Waals surface area contributed by atoms with Gasteiger partial charge in [-0.05, 0) is 45.2 Å². The molecule has 0 bridgehead atoms. The number of benzene rings is 1. The Labute approximate surface area is 265 Å². The van der Waals surface area contributed by atoms with Crippen molar-refractivity contribution in [2.75, 3.05) is 6.54 Å². The number of H-pyrrole nitrogens is 1. The third kappa shape index (κ3) is 7.06. The van der Waals surface area contributed by atoms with E-state index >= 15 is 0 Å². The summed E-state index contributed by atoms with van der Waals surface area (Å²) in [5.74, 6) is -3.90. The van der Waals surface area contributed by atoms with E-state index in [0.29, 0.717) is 5.69 Å². The zero-order valence-corrected chi connectivity index (χ0v) is 26.2. The summed E-state index contributed by atoms with van der Waals surface area (Å²) in [6.07, 6.45) is 6.64. The number of amides is 4. The first-order valence-electron chi connectivity index (χ1n) is 15.6. The molecule has 1 saturated heterocycles. The summed E-state index contributed by atoms with van der Waals surface area (Å²) in [4.78, 5) is 74.0. The van der Waals surface area contributed by atoms with Crippen molar-refractivity contribution in [3.8, 4) is 0 Å². The first-order valence-corrected chi connectivity index (χ1v) is 15.6. The van der Waals surface area contributed by atoms with Crippen LogP contribution < -0.4 is 11.1 Å². The molecular weight excluding hydrogens is 592 g/mol. The monoisotopic (exact) mass is 632 g/mol. The molecule has 4 amide bonds. The van der Waals surface area contributed by atoms with Crippen LogP contribution in [0.2, 0.25) is 0 Å². The molecule has 3 heterocycles. The average Bonchev–Trinajstić information content (AvgIpc) is 3.78. The fourth-order valence-electron chi connectivity index (χ4n) is 6.39. The maximum Gasteiger partial charge on any atom is 0.293 e. The van der Waals surface area contributed by atoms with E-state index in [1.807, 2.05) is 24.3 Å². The summed E-state index contributed by atoms with van der Waals surface area (Å²) in [7, 11) is 0. The van der Waals surface area contributed by atoms with Gasteiger partial charge in [0.2, 0.25) is 11.7 Å². The number of rotatable bonds is 10. The van der Waals surface area contributed by atoms with Crippen molar-refractivity contribution in [1.82, 2.24) is 30.2 Å². The van der Waals surface area contributed by atoms with Crippen molar-refractivity contribution in [2.45, 2.75) is 89.4 Å². The molecule has 3 atom stereocenters. The molecule has 5 rings (SSSR count). The molecule has 1 aliphatic heterocycles. The molecule has 0 spiro atoms. The number of aliphatic imine (C=N–C) groups is 1. The second-order valence-electron chi connectivity index (χ2n) is 12.8. The lowest BCUT2D eigenvalue weighted by molar-refractivity contribution is -0.139. The van der Waals surface area contributed by atoms with Gasteiger partial charge in [0.15, 0.2) is 0 Å². The minimum Gasteiger partial charge on any atom is -0.384 e. The number of aromatic amines is 1. The highest BCUT2D eigenvalue weighted by atomic mass is 16.3. The molecule has 2 aromatic heterocycles. The van der Waals surface area contributed by atoms with Gasteiger partial charge in [0.25, 0.3) is 17.7 Å². The molecule has 5 N–H and O–H groups in total. The van der Waals surface area contributed by atoms with Crippen LogP contribution in [0.15, 0.2) is 41.5 Å². The van der Waals surface area contributed by atoms with Crippen molar-refractivity contribution in [2.24, 2.45) is 16.6 Å².